The van der Waals surface area contributed by atoms with Crippen LogP contribution in [0.2, 0.25) is 5.02 Å². The van der Waals surface area contributed by atoms with Crippen LogP contribution in [-0.2, 0) is 14.8 Å². The third kappa shape index (κ3) is 5.88. The van der Waals surface area contributed by atoms with Crippen molar-refractivity contribution in [1.82, 2.24) is 5.32 Å². The zero-order valence-electron chi connectivity index (χ0n) is 20.8. The average molecular weight is 529 g/mol. The van der Waals surface area contributed by atoms with Gasteiger partial charge in [0, 0.05) is 16.3 Å². The molecule has 0 saturated heterocycles. The van der Waals surface area contributed by atoms with Gasteiger partial charge in [-0.25, -0.2) is 13.2 Å². The highest BCUT2D eigenvalue weighted by molar-refractivity contribution is 7.92. The minimum Gasteiger partial charge on any atom is -0.480 e. The molecule has 0 bridgehead atoms. The first-order valence-corrected chi connectivity index (χ1v) is 13.2. The van der Waals surface area contributed by atoms with Crippen molar-refractivity contribution in [3.63, 3.8) is 0 Å². The van der Waals surface area contributed by atoms with Crippen molar-refractivity contribution < 1.29 is 23.1 Å². The summed E-state index contributed by atoms with van der Waals surface area (Å²) in [4.78, 5) is 24.2. The van der Waals surface area contributed by atoms with E-state index < -0.39 is 27.9 Å². The van der Waals surface area contributed by atoms with E-state index in [1.807, 2.05) is 18.2 Å². The maximum Gasteiger partial charge on any atom is 0.326 e. The minimum atomic E-state index is -3.85. The molecule has 0 heterocycles. The van der Waals surface area contributed by atoms with Crippen LogP contribution >= 0.6 is 11.6 Å². The number of hydrogen-bond donors (Lipinski definition) is 3. The van der Waals surface area contributed by atoms with Crippen molar-refractivity contribution in [1.29, 1.82) is 0 Å². The number of amides is 1. The molecule has 0 spiro atoms. The standard InChI is InChI=1S/C27H29ClN2O5S/c1-6-23(27(32)33)29-26(31)25-17(4)10-20(11-18(25)5)19-8-7-9-21(14-19)30-36(34,35)24-13-15(2)22(28)12-16(24)3/h7-14,23,30H,6H2,1-5H3,(H,29,31)(H,32,33)/t23-/m0/s1. The topological polar surface area (TPSA) is 113 Å². The van der Waals surface area contributed by atoms with Gasteiger partial charge in [0.15, 0.2) is 0 Å². The highest BCUT2D eigenvalue weighted by Crippen LogP contribution is 2.30. The van der Waals surface area contributed by atoms with Gasteiger partial charge in [-0.05, 0) is 91.8 Å². The number of carboxylic acid groups (broad SMARTS) is 1. The summed E-state index contributed by atoms with van der Waals surface area (Å²) in [6.07, 6.45) is 0.273. The van der Waals surface area contributed by atoms with Crippen molar-refractivity contribution in [2.24, 2.45) is 0 Å². The minimum absolute atomic E-state index is 0.156. The van der Waals surface area contributed by atoms with Crippen LogP contribution in [0.15, 0.2) is 53.4 Å². The Morgan fingerprint density at radius 2 is 1.56 bits per heavy atom. The highest BCUT2D eigenvalue weighted by atomic mass is 35.5. The summed E-state index contributed by atoms with van der Waals surface area (Å²) in [5.74, 6) is -1.53. The maximum atomic E-state index is 13.1. The summed E-state index contributed by atoms with van der Waals surface area (Å²) in [6, 6.07) is 12.8. The lowest BCUT2D eigenvalue weighted by atomic mass is 9.94. The van der Waals surface area contributed by atoms with Gasteiger partial charge in [0.25, 0.3) is 15.9 Å². The second-order valence-electron chi connectivity index (χ2n) is 8.81. The lowest BCUT2D eigenvalue weighted by Crippen LogP contribution is -2.40. The molecule has 7 nitrogen and oxygen atoms in total. The van der Waals surface area contributed by atoms with Crippen LogP contribution in [0.5, 0.6) is 0 Å². The number of carbonyl (C=O) groups is 2. The number of benzene rings is 3. The molecule has 0 radical (unpaired) electrons. The van der Waals surface area contributed by atoms with Gasteiger partial charge in [-0.15, -0.1) is 0 Å². The van der Waals surface area contributed by atoms with Crippen LogP contribution in [0.25, 0.3) is 11.1 Å². The zero-order chi connectivity index (χ0) is 26.8. The molecular formula is C27H29ClN2O5S. The number of rotatable bonds is 8. The maximum absolute atomic E-state index is 13.1. The first-order chi connectivity index (χ1) is 16.8. The summed E-state index contributed by atoms with van der Waals surface area (Å²) in [6.45, 7) is 8.70. The lowest BCUT2D eigenvalue weighted by Gasteiger charge is -2.17. The molecule has 3 N–H and O–H groups in total. The number of carboxylic acids is 1. The van der Waals surface area contributed by atoms with Gasteiger partial charge < -0.3 is 10.4 Å². The largest absolute Gasteiger partial charge is 0.480 e. The van der Waals surface area contributed by atoms with Gasteiger partial charge >= 0.3 is 5.97 Å². The Morgan fingerprint density at radius 1 is 0.917 bits per heavy atom. The number of hydrogen-bond acceptors (Lipinski definition) is 4. The van der Waals surface area contributed by atoms with E-state index in [1.54, 1.807) is 65.0 Å². The van der Waals surface area contributed by atoms with Crippen molar-refractivity contribution in [3.8, 4) is 11.1 Å². The molecule has 1 amide bonds. The lowest BCUT2D eigenvalue weighted by molar-refractivity contribution is -0.139. The normalized spacial score (nSPS) is 12.2. The van der Waals surface area contributed by atoms with Crippen molar-refractivity contribution in [2.75, 3.05) is 4.72 Å². The molecule has 0 aliphatic heterocycles. The van der Waals surface area contributed by atoms with Crippen LogP contribution in [0.4, 0.5) is 5.69 Å². The second kappa shape index (κ2) is 10.7. The molecule has 0 fully saturated rings. The van der Waals surface area contributed by atoms with Gasteiger partial charge in [-0.2, -0.15) is 0 Å². The number of sulfonamides is 1. The first kappa shape index (κ1) is 27.2. The predicted octanol–water partition coefficient (Wildman–Crippen LogP) is 5.63. The molecule has 9 heteroatoms. The molecule has 1 atom stereocenters. The molecule has 0 unspecified atom stereocenters. The van der Waals surface area contributed by atoms with E-state index >= 15 is 0 Å². The number of carbonyl (C=O) groups excluding carboxylic acids is 1. The van der Waals surface area contributed by atoms with Crippen molar-refractivity contribution in [3.05, 3.63) is 81.4 Å². The Balaban J connectivity index is 1.92. The Kier molecular flexibility index (Phi) is 8.11. The molecule has 190 valence electrons. The van der Waals surface area contributed by atoms with E-state index in [9.17, 15) is 23.1 Å². The van der Waals surface area contributed by atoms with E-state index in [0.717, 1.165) is 11.1 Å². The number of nitrogens with one attached hydrogen (secondary N) is 2. The van der Waals surface area contributed by atoms with Crippen LogP contribution in [0.1, 0.15) is 46.0 Å². The fourth-order valence-electron chi connectivity index (χ4n) is 4.07. The van der Waals surface area contributed by atoms with E-state index in [1.165, 1.54) is 0 Å². The van der Waals surface area contributed by atoms with Crippen LogP contribution in [-0.4, -0.2) is 31.4 Å². The van der Waals surface area contributed by atoms with Crippen LogP contribution < -0.4 is 10.0 Å². The van der Waals surface area contributed by atoms with E-state index in [4.69, 9.17) is 11.6 Å². The Labute approximate surface area is 216 Å². The second-order valence-corrected chi connectivity index (χ2v) is 10.9. The van der Waals surface area contributed by atoms with E-state index in [0.29, 0.717) is 38.5 Å². The van der Waals surface area contributed by atoms with Gasteiger partial charge in [0.1, 0.15) is 6.04 Å². The van der Waals surface area contributed by atoms with Crippen LogP contribution in [0, 0.1) is 27.7 Å². The monoisotopic (exact) mass is 528 g/mol. The molecule has 36 heavy (non-hydrogen) atoms. The molecule has 0 aromatic heterocycles. The SMILES string of the molecule is CC[C@H](NC(=O)c1c(C)cc(-c2cccc(NS(=O)(=O)c3cc(C)c(Cl)cc3C)c2)cc1C)C(=O)O. The van der Waals surface area contributed by atoms with E-state index in [2.05, 4.69) is 10.0 Å². The number of halogens is 1. The Hall–Kier alpha value is -3.36. The molecule has 3 aromatic carbocycles. The molecule has 3 rings (SSSR count). The summed E-state index contributed by atoms with van der Waals surface area (Å²) < 4.78 is 28.8. The highest BCUT2D eigenvalue weighted by Gasteiger charge is 2.22. The van der Waals surface area contributed by atoms with Gasteiger partial charge in [-0.1, -0.05) is 42.8 Å². The quantitative estimate of drug-likeness (QED) is 0.350. The van der Waals surface area contributed by atoms with Crippen molar-refractivity contribution >= 4 is 39.2 Å². The molecule has 0 aliphatic carbocycles. The van der Waals surface area contributed by atoms with Gasteiger partial charge in [0.05, 0.1) is 4.90 Å². The average Bonchev–Trinajstić information content (AvgIpc) is 2.78. The first-order valence-electron chi connectivity index (χ1n) is 11.4. The van der Waals surface area contributed by atoms with Gasteiger partial charge in [-0.3, -0.25) is 9.52 Å². The number of aliphatic carboxylic acids is 1. The molecule has 0 saturated carbocycles. The molecular weight excluding hydrogens is 500 g/mol. The Morgan fingerprint density at radius 3 is 2.14 bits per heavy atom. The fourth-order valence-corrected chi connectivity index (χ4v) is 5.65. The van der Waals surface area contributed by atoms with Gasteiger partial charge in [0.2, 0.25) is 0 Å². The summed E-state index contributed by atoms with van der Waals surface area (Å²) in [7, 11) is -3.85. The molecule has 0 aliphatic rings. The smallest absolute Gasteiger partial charge is 0.326 e. The third-order valence-electron chi connectivity index (χ3n) is 5.97. The van der Waals surface area contributed by atoms with Crippen molar-refractivity contribution in [2.45, 2.75) is 52.0 Å². The summed E-state index contributed by atoms with van der Waals surface area (Å²) in [5.41, 5.74) is 4.94. The summed E-state index contributed by atoms with van der Waals surface area (Å²) >= 11 is 6.12. The number of anilines is 1. The summed E-state index contributed by atoms with van der Waals surface area (Å²) in [5, 5.41) is 12.3. The zero-order valence-corrected chi connectivity index (χ0v) is 22.3. The number of aryl methyl sites for hydroxylation is 4. The predicted molar refractivity (Wildman–Crippen MR) is 142 cm³/mol. The molecule has 3 aromatic rings. The Bertz CT molecular complexity index is 1430. The van der Waals surface area contributed by atoms with Crippen LogP contribution in [0.3, 0.4) is 0 Å². The third-order valence-corrected chi connectivity index (χ3v) is 7.90. The fraction of sp³-hybridized carbons (Fsp3) is 0.259. The van der Waals surface area contributed by atoms with E-state index in [-0.39, 0.29) is 11.3 Å².